The number of benzene rings is 4. The van der Waals surface area contributed by atoms with E-state index in [2.05, 4.69) is 21.2 Å². The van der Waals surface area contributed by atoms with Gasteiger partial charge in [-0.2, -0.15) is 0 Å². The molecule has 5 nitrogen and oxygen atoms in total. The van der Waals surface area contributed by atoms with E-state index in [0.717, 1.165) is 26.9 Å². The lowest BCUT2D eigenvalue weighted by Gasteiger charge is -2.30. The fraction of sp³-hybridized carbons (Fsp3) is 0.167. The summed E-state index contributed by atoms with van der Waals surface area (Å²) in [5.74, 6) is 1.28. The van der Waals surface area contributed by atoms with Crippen LogP contribution in [0.4, 0.5) is 10.5 Å². The van der Waals surface area contributed by atoms with Gasteiger partial charge in [0.1, 0.15) is 6.61 Å². The average Bonchev–Trinajstić information content (AvgIpc) is 2.92. The quantitative estimate of drug-likeness (QED) is 0.233. The van der Waals surface area contributed by atoms with E-state index in [9.17, 15) is 4.79 Å². The maximum absolute atomic E-state index is 13.5. The molecule has 36 heavy (non-hydrogen) atoms. The Kier molecular flexibility index (Phi) is 8.63. The molecule has 1 atom stereocenters. The van der Waals surface area contributed by atoms with Gasteiger partial charge in [0.2, 0.25) is 0 Å². The first-order valence-corrected chi connectivity index (χ1v) is 12.5. The van der Waals surface area contributed by atoms with Crippen LogP contribution in [0.15, 0.2) is 108 Å². The third kappa shape index (κ3) is 6.46. The number of anilines is 1. The summed E-state index contributed by atoms with van der Waals surface area (Å²) in [6.07, 6.45) is 0. The van der Waals surface area contributed by atoms with E-state index in [-0.39, 0.29) is 12.1 Å². The van der Waals surface area contributed by atoms with Crippen molar-refractivity contribution >= 4 is 27.6 Å². The number of rotatable bonds is 9. The van der Waals surface area contributed by atoms with Crippen molar-refractivity contribution in [3.05, 3.63) is 124 Å². The minimum atomic E-state index is -0.193. The van der Waals surface area contributed by atoms with E-state index in [1.165, 1.54) is 0 Å². The molecule has 0 saturated carbocycles. The average molecular weight is 545 g/mol. The lowest BCUT2D eigenvalue weighted by atomic mass is 10.1. The van der Waals surface area contributed by atoms with Crippen molar-refractivity contribution in [1.29, 1.82) is 0 Å². The second-order valence-electron chi connectivity index (χ2n) is 8.38. The van der Waals surface area contributed by atoms with E-state index < -0.39 is 0 Å². The summed E-state index contributed by atoms with van der Waals surface area (Å²) in [4.78, 5) is 15.3. The Balaban J connectivity index is 1.56. The molecule has 0 heterocycles. The molecule has 0 aliphatic carbocycles. The van der Waals surface area contributed by atoms with Crippen molar-refractivity contribution in [2.75, 3.05) is 12.4 Å². The van der Waals surface area contributed by atoms with E-state index in [0.29, 0.717) is 24.7 Å². The molecule has 0 radical (unpaired) electrons. The Morgan fingerprint density at radius 3 is 2.22 bits per heavy atom. The Morgan fingerprint density at radius 1 is 0.861 bits per heavy atom. The van der Waals surface area contributed by atoms with Gasteiger partial charge in [0.15, 0.2) is 11.5 Å². The molecule has 0 fully saturated rings. The van der Waals surface area contributed by atoms with Crippen LogP contribution in [-0.4, -0.2) is 18.0 Å². The fourth-order valence-corrected chi connectivity index (χ4v) is 4.29. The first-order chi connectivity index (χ1) is 17.5. The normalized spacial score (nSPS) is 11.4. The molecule has 4 rings (SSSR count). The summed E-state index contributed by atoms with van der Waals surface area (Å²) in [5.41, 5.74) is 3.78. The summed E-state index contributed by atoms with van der Waals surface area (Å²) in [5, 5.41) is 3.04. The van der Waals surface area contributed by atoms with Crippen molar-refractivity contribution in [2.24, 2.45) is 0 Å². The van der Waals surface area contributed by atoms with Gasteiger partial charge in [-0.1, -0.05) is 78.9 Å². The number of carbonyl (C=O) groups excluding carboxylic acids is 1. The highest BCUT2D eigenvalue weighted by atomic mass is 79.9. The molecule has 4 aromatic rings. The SMILES string of the molecule is COc1cc(CN(C(=O)Nc2ccccc2Br)C(C)c2ccccc2)ccc1OCc1ccccc1. The molecule has 0 saturated heterocycles. The van der Waals surface area contributed by atoms with Gasteiger partial charge >= 0.3 is 6.03 Å². The van der Waals surface area contributed by atoms with Crippen LogP contribution in [0, 0.1) is 0 Å². The maximum Gasteiger partial charge on any atom is 0.322 e. The molecule has 0 spiro atoms. The molecular weight excluding hydrogens is 516 g/mol. The second kappa shape index (κ2) is 12.3. The van der Waals surface area contributed by atoms with Gasteiger partial charge in [-0.3, -0.25) is 0 Å². The number of hydrogen-bond donors (Lipinski definition) is 1. The van der Waals surface area contributed by atoms with Crippen LogP contribution in [0.2, 0.25) is 0 Å². The molecule has 1 unspecified atom stereocenters. The van der Waals surface area contributed by atoms with Gasteiger partial charge in [0.05, 0.1) is 18.8 Å². The minimum Gasteiger partial charge on any atom is -0.493 e. The molecule has 4 aromatic carbocycles. The maximum atomic E-state index is 13.5. The number of methoxy groups -OCH3 is 1. The van der Waals surface area contributed by atoms with Crippen LogP contribution < -0.4 is 14.8 Å². The number of carbonyl (C=O) groups is 1. The molecule has 6 heteroatoms. The first-order valence-electron chi connectivity index (χ1n) is 11.8. The Hall–Kier alpha value is -3.77. The Bertz CT molecular complexity index is 1280. The summed E-state index contributed by atoms with van der Waals surface area (Å²) in [6.45, 7) is 2.87. The van der Waals surface area contributed by atoms with E-state index in [4.69, 9.17) is 9.47 Å². The zero-order valence-corrected chi connectivity index (χ0v) is 21.9. The van der Waals surface area contributed by atoms with Crippen LogP contribution in [0.5, 0.6) is 11.5 Å². The van der Waals surface area contributed by atoms with E-state index in [1.807, 2.05) is 115 Å². The lowest BCUT2D eigenvalue weighted by Crippen LogP contribution is -2.36. The van der Waals surface area contributed by atoms with Crippen LogP contribution >= 0.6 is 15.9 Å². The van der Waals surface area contributed by atoms with Gasteiger partial charge in [0.25, 0.3) is 0 Å². The number of amides is 2. The van der Waals surface area contributed by atoms with Crippen molar-refractivity contribution in [3.63, 3.8) is 0 Å². The molecule has 0 aliphatic rings. The number of ether oxygens (including phenoxy) is 2. The number of halogens is 1. The molecule has 0 aromatic heterocycles. The fourth-order valence-electron chi connectivity index (χ4n) is 3.91. The smallest absolute Gasteiger partial charge is 0.322 e. The van der Waals surface area contributed by atoms with E-state index in [1.54, 1.807) is 7.11 Å². The number of nitrogens with zero attached hydrogens (tertiary/aromatic N) is 1. The third-order valence-corrected chi connectivity index (χ3v) is 6.64. The van der Waals surface area contributed by atoms with Crippen LogP contribution in [0.1, 0.15) is 29.7 Å². The number of nitrogens with one attached hydrogen (secondary N) is 1. The highest BCUT2D eigenvalue weighted by Crippen LogP contribution is 2.31. The highest BCUT2D eigenvalue weighted by Gasteiger charge is 2.23. The van der Waals surface area contributed by atoms with Gasteiger partial charge in [-0.05, 0) is 63.8 Å². The summed E-state index contributed by atoms with van der Waals surface area (Å²) < 4.78 is 12.5. The van der Waals surface area contributed by atoms with Crippen molar-refractivity contribution < 1.29 is 14.3 Å². The Labute approximate surface area is 220 Å². The summed E-state index contributed by atoms with van der Waals surface area (Å²) in [6, 6.07) is 33.0. The van der Waals surface area contributed by atoms with E-state index >= 15 is 0 Å². The molecule has 0 aliphatic heterocycles. The van der Waals surface area contributed by atoms with Gasteiger partial charge in [0, 0.05) is 11.0 Å². The number of urea groups is 1. The van der Waals surface area contributed by atoms with Gasteiger partial charge < -0.3 is 19.7 Å². The van der Waals surface area contributed by atoms with Crippen molar-refractivity contribution in [2.45, 2.75) is 26.1 Å². The van der Waals surface area contributed by atoms with Gasteiger partial charge in [-0.15, -0.1) is 0 Å². The monoisotopic (exact) mass is 544 g/mol. The largest absolute Gasteiger partial charge is 0.493 e. The lowest BCUT2D eigenvalue weighted by molar-refractivity contribution is 0.189. The summed E-state index contributed by atoms with van der Waals surface area (Å²) >= 11 is 3.52. The standard InChI is InChI=1S/C30H29BrN2O3/c1-22(25-13-7-4-8-14-25)33(30(34)32-27-16-10-9-15-26(27)31)20-24-17-18-28(29(19-24)35-2)36-21-23-11-5-3-6-12-23/h3-19,22H,20-21H2,1-2H3,(H,32,34). The Morgan fingerprint density at radius 2 is 1.53 bits per heavy atom. The van der Waals surface area contributed by atoms with Crippen molar-refractivity contribution in [1.82, 2.24) is 4.90 Å². The molecule has 1 N–H and O–H groups in total. The highest BCUT2D eigenvalue weighted by molar-refractivity contribution is 9.10. The third-order valence-electron chi connectivity index (χ3n) is 5.94. The minimum absolute atomic E-state index is 0.159. The van der Waals surface area contributed by atoms with Crippen LogP contribution in [-0.2, 0) is 13.2 Å². The predicted octanol–water partition coefficient (Wildman–Crippen LogP) is 7.83. The zero-order chi connectivity index (χ0) is 25.3. The van der Waals surface area contributed by atoms with Crippen LogP contribution in [0.25, 0.3) is 0 Å². The summed E-state index contributed by atoms with van der Waals surface area (Å²) in [7, 11) is 1.62. The molecule has 2 amide bonds. The first kappa shape index (κ1) is 25.3. The predicted molar refractivity (Wildman–Crippen MR) is 147 cm³/mol. The molecule has 184 valence electrons. The number of para-hydroxylation sites is 1. The number of hydrogen-bond acceptors (Lipinski definition) is 3. The van der Waals surface area contributed by atoms with Crippen LogP contribution in [0.3, 0.4) is 0 Å². The van der Waals surface area contributed by atoms with Crippen molar-refractivity contribution in [3.8, 4) is 11.5 Å². The zero-order valence-electron chi connectivity index (χ0n) is 20.4. The topological polar surface area (TPSA) is 50.8 Å². The molecular formula is C30H29BrN2O3. The van der Waals surface area contributed by atoms with Gasteiger partial charge in [-0.25, -0.2) is 4.79 Å². The molecule has 0 bridgehead atoms. The second-order valence-corrected chi connectivity index (χ2v) is 9.24.